The molecule has 1 N–H and O–H groups in total. The smallest absolute Gasteiger partial charge is 0.222 e. The van der Waals surface area contributed by atoms with E-state index in [0.717, 1.165) is 35.5 Å². The Morgan fingerprint density at radius 1 is 1.38 bits per heavy atom. The second-order valence-electron chi connectivity index (χ2n) is 5.41. The summed E-state index contributed by atoms with van der Waals surface area (Å²) in [4.78, 5) is 14.3. The van der Waals surface area contributed by atoms with Crippen LogP contribution in [-0.4, -0.2) is 46.3 Å². The Morgan fingerprint density at radius 3 is 2.48 bits per heavy atom. The molecule has 0 saturated heterocycles. The highest BCUT2D eigenvalue weighted by atomic mass is 79.9. The van der Waals surface area contributed by atoms with Crippen LogP contribution < -0.4 is 5.32 Å². The largest absolute Gasteiger partial charge is 0.352 e. The second-order valence-corrected chi connectivity index (χ2v) is 6.21. The van der Waals surface area contributed by atoms with Gasteiger partial charge in [-0.3, -0.25) is 9.48 Å². The fraction of sp³-hybridized carbons (Fsp3) is 0.733. The molecule has 0 aromatic carbocycles. The average molecular weight is 359 g/mol. The van der Waals surface area contributed by atoms with Crippen LogP contribution in [0.2, 0.25) is 0 Å². The second kappa shape index (κ2) is 8.54. The molecule has 6 heteroatoms. The summed E-state index contributed by atoms with van der Waals surface area (Å²) in [6.07, 6.45) is 0.455. The monoisotopic (exact) mass is 358 g/mol. The molecule has 0 aliphatic rings. The Morgan fingerprint density at radius 2 is 2.00 bits per heavy atom. The van der Waals surface area contributed by atoms with Crippen LogP contribution >= 0.6 is 15.9 Å². The molecule has 1 heterocycles. The number of aromatic nitrogens is 2. The molecule has 0 saturated carbocycles. The SMILES string of the molecule is CCN(CC)C[C@@H](C)NC(=O)CCn1nc(C)c(Br)c1C. The maximum Gasteiger partial charge on any atom is 0.222 e. The van der Waals surface area contributed by atoms with Crippen LogP contribution in [0, 0.1) is 13.8 Å². The first kappa shape index (κ1) is 18.2. The lowest BCUT2D eigenvalue weighted by molar-refractivity contribution is -0.122. The first-order valence-corrected chi connectivity index (χ1v) is 8.39. The first-order chi connectivity index (χ1) is 9.88. The zero-order valence-electron chi connectivity index (χ0n) is 13.7. The highest BCUT2D eigenvalue weighted by Gasteiger charge is 2.13. The Balaban J connectivity index is 2.42. The fourth-order valence-electron chi connectivity index (χ4n) is 2.36. The molecule has 0 unspecified atom stereocenters. The van der Waals surface area contributed by atoms with Gasteiger partial charge in [0.2, 0.25) is 5.91 Å². The number of carbonyl (C=O) groups is 1. The highest BCUT2D eigenvalue weighted by Crippen LogP contribution is 2.19. The van der Waals surface area contributed by atoms with Crippen LogP contribution in [0.4, 0.5) is 0 Å². The van der Waals surface area contributed by atoms with E-state index in [9.17, 15) is 4.79 Å². The van der Waals surface area contributed by atoms with Crippen molar-refractivity contribution in [3.05, 3.63) is 15.9 Å². The molecule has 21 heavy (non-hydrogen) atoms. The third-order valence-electron chi connectivity index (χ3n) is 3.68. The molecule has 0 bridgehead atoms. The molecule has 0 spiro atoms. The van der Waals surface area contributed by atoms with E-state index in [1.54, 1.807) is 0 Å². The topological polar surface area (TPSA) is 50.2 Å². The van der Waals surface area contributed by atoms with Crippen LogP contribution in [0.15, 0.2) is 4.47 Å². The summed E-state index contributed by atoms with van der Waals surface area (Å²) in [6.45, 7) is 13.8. The van der Waals surface area contributed by atoms with Crippen LogP contribution in [0.1, 0.15) is 38.6 Å². The van der Waals surface area contributed by atoms with Gasteiger partial charge >= 0.3 is 0 Å². The summed E-state index contributed by atoms with van der Waals surface area (Å²) in [6, 6.07) is 0.171. The van der Waals surface area contributed by atoms with E-state index in [2.05, 4.69) is 52.0 Å². The van der Waals surface area contributed by atoms with Gasteiger partial charge in [0, 0.05) is 24.7 Å². The third-order valence-corrected chi connectivity index (χ3v) is 4.83. The predicted octanol–water partition coefficient (Wildman–Crippen LogP) is 2.50. The lowest BCUT2D eigenvalue weighted by atomic mass is 10.2. The maximum atomic E-state index is 12.0. The molecule has 120 valence electrons. The Labute approximate surface area is 136 Å². The number of rotatable bonds is 8. The number of likely N-dealkylation sites (N-methyl/N-ethyl adjacent to an activating group) is 1. The normalized spacial score (nSPS) is 12.7. The molecule has 1 amide bonds. The average Bonchev–Trinajstić information content (AvgIpc) is 2.69. The van der Waals surface area contributed by atoms with Gasteiger partial charge in [0.25, 0.3) is 0 Å². The summed E-state index contributed by atoms with van der Waals surface area (Å²) in [5.41, 5.74) is 2.03. The summed E-state index contributed by atoms with van der Waals surface area (Å²) in [7, 11) is 0. The van der Waals surface area contributed by atoms with Crippen molar-refractivity contribution < 1.29 is 4.79 Å². The standard InChI is InChI=1S/C15H27BrN4O/c1-6-19(7-2)10-11(3)17-14(21)8-9-20-13(5)15(16)12(4)18-20/h11H,6-10H2,1-5H3,(H,17,21)/t11-/m1/s1. The molecule has 1 rings (SSSR count). The minimum Gasteiger partial charge on any atom is -0.352 e. The molecule has 1 atom stereocenters. The van der Waals surface area contributed by atoms with E-state index in [0.29, 0.717) is 13.0 Å². The van der Waals surface area contributed by atoms with Crippen LogP contribution in [-0.2, 0) is 11.3 Å². The van der Waals surface area contributed by atoms with E-state index in [1.807, 2.05) is 18.5 Å². The molecular formula is C15H27BrN4O. The number of aryl methyl sites for hydroxylation is 2. The number of hydrogen-bond acceptors (Lipinski definition) is 3. The van der Waals surface area contributed by atoms with Gasteiger partial charge in [-0.05, 0) is 49.8 Å². The van der Waals surface area contributed by atoms with Gasteiger partial charge in [-0.15, -0.1) is 0 Å². The Kier molecular flexibility index (Phi) is 7.39. The third kappa shape index (κ3) is 5.43. The molecule has 1 aromatic heterocycles. The van der Waals surface area contributed by atoms with Crippen molar-refractivity contribution in [3.8, 4) is 0 Å². The molecule has 1 aromatic rings. The molecule has 0 radical (unpaired) electrons. The highest BCUT2D eigenvalue weighted by molar-refractivity contribution is 9.10. The van der Waals surface area contributed by atoms with E-state index < -0.39 is 0 Å². The zero-order valence-corrected chi connectivity index (χ0v) is 15.3. The Hall–Kier alpha value is -0.880. The van der Waals surface area contributed by atoms with Crippen molar-refractivity contribution >= 4 is 21.8 Å². The van der Waals surface area contributed by atoms with Crippen LogP contribution in [0.3, 0.4) is 0 Å². The predicted molar refractivity (Wildman–Crippen MR) is 89.4 cm³/mol. The first-order valence-electron chi connectivity index (χ1n) is 7.60. The van der Waals surface area contributed by atoms with Gasteiger partial charge in [0.1, 0.15) is 0 Å². The maximum absolute atomic E-state index is 12.0. The van der Waals surface area contributed by atoms with Gasteiger partial charge in [-0.2, -0.15) is 5.10 Å². The number of nitrogens with one attached hydrogen (secondary N) is 1. The van der Waals surface area contributed by atoms with Crippen molar-refractivity contribution in [2.24, 2.45) is 0 Å². The summed E-state index contributed by atoms with van der Waals surface area (Å²) in [5.74, 6) is 0.0818. The lowest BCUT2D eigenvalue weighted by Gasteiger charge is -2.23. The summed E-state index contributed by atoms with van der Waals surface area (Å²) >= 11 is 3.50. The van der Waals surface area contributed by atoms with Gasteiger partial charge in [0.15, 0.2) is 0 Å². The molecule has 5 nitrogen and oxygen atoms in total. The van der Waals surface area contributed by atoms with Gasteiger partial charge < -0.3 is 10.2 Å². The summed E-state index contributed by atoms with van der Waals surface area (Å²) in [5, 5.41) is 7.47. The van der Waals surface area contributed by atoms with Crippen molar-refractivity contribution in [2.45, 2.75) is 53.6 Å². The minimum absolute atomic E-state index is 0.0818. The van der Waals surface area contributed by atoms with Crippen molar-refractivity contribution in [2.75, 3.05) is 19.6 Å². The number of halogens is 1. The lowest BCUT2D eigenvalue weighted by Crippen LogP contribution is -2.42. The van der Waals surface area contributed by atoms with E-state index >= 15 is 0 Å². The van der Waals surface area contributed by atoms with Crippen molar-refractivity contribution in [1.29, 1.82) is 0 Å². The van der Waals surface area contributed by atoms with Gasteiger partial charge in [0.05, 0.1) is 16.7 Å². The van der Waals surface area contributed by atoms with Crippen molar-refractivity contribution in [3.63, 3.8) is 0 Å². The van der Waals surface area contributed by atoms with Crippen molar-refractivity contribution in [1.82, 2.24) is 20.0 Å². The van der Waals surface area contributed by atoms with E-state index in [4.69, 9.17) is 0 Å². The molecule has 0 aliphatic carbocycles. The van der Waals surface area contributed by atoms with E-state index in [-0.39, 0.29) is 11.9 Å². The molecule has 0 fully saturated rings. The fourth-order valence-corrected chi connectivity index (χ4v) is 2.65. The van der Waals surface area contributed by atoms with Crippen LogP contribution in [0.5, 0.6) is 0 Å². The number of carbonyl (C=O) groups excluding carboxylic acids is 1. The van der Waals surface area contributed by atoms with Gasteiger partial charge in [-0.25, -0.2) is 0 Å². The van der Waals surface area contributed by atoms with Crippen LogP contribution in [0.25, 0.3) is 0 Å². The Bertz CT molecular complexity index is 468. The quantitative estimate of drug-likeness (QED) is 0.776. The number of hydrogen-bond donors (Lipinski definition) is 1. The molecular weight excluding hydrogens is 332 g/mol. The molecule has 0 aliphatic heterocycles. The minimum atomic E-state index is 0.0818. The zero-order chi connectivity index (χ0) is 16.0. The summed E-state index contributed by atoms with van der Waals surface area (Å²) < 4.78 is 2.91. The van der Waals surface area contributed by atoms with E-state index in [1.165, 1.54) is 0 Å². The number of nitrogens with zero attached hydrogens (tertiary/aromatic N) is 3. The number of amides is 1. The van der Waals surface area contributed by atoms with Gasteiger partial charge in [-0.1, -0.05) is 13.8 Å².